The Morgan fingerprint density at radius 1 is 1.31 bits per heavy atom. The van der Waals surface area contributed by atoms with Gasteiger partial charge in [0.05, 0.1) is 13.3 Å². The maximum atomic E-state index is 5.07. The number of aromatic nitrogens is 1. The van der Waals surface area contributed by atoms with Crippen LogP contribution < -0.4 is 4.74 Å². The standard InChI is InChI=1S/C8H11NO.C3H8/c1-3-7-4-5-9-6-8(7)10-2;1-3-2/h4-6H,3H2,1-2H3;3H2,1-2H3. The van der Waals surface area contributed by atoms with Crippen molar-refractivity contribution in [3.63, 3.8) is 0 Å². The average molecular weight is 181 g/mol. The molecule has 0 saturated carbocycles. The Hall–Kier alpha value is -1.05. The maximum absolute atomic E-state index is 5.07. The summed E-state index contributed by atoms with van der Waals surface area (Å²) in [7, 11) is 1.66. The third-order valence-electron chi connectivity index (χ3n) is 1.47. The largest absolute Gasteiger partial charge is 0.495 e. The summed E-state index contributed by atoms with van der Waals surface area (Å²) in [6, 6.07) is 1.97. The molecule has 0 aromatic carbocycles. The van der Waals surface area contributed by atoms with E-state index in [-0.39, 0.29) is 0 Å². The number of hydrogen-bond acceptors (Lipinski definition) is 2. The molecule has 0 N–H and O–H groups in total. The first-order valence-electron chi connectivity index (χ1n) is 4.76. The van der Waals surface area contributed by atoms with Gasteiger partial charge in [-0.1, -0.05) is 27.2 Å². The van der Waals surface area contributed by atoms with Crippen molar-refractivity contribution in [3.8, 4) is 5.75 Å². The summed E-state index contributed by atoms with van der Waals surface area (Å²) in [5.41, 5.74) is 1.21. The minimum absolute atomic E-state index is 0.880. The molecular weight excluding hydrogens is 162 g/mol. The Labute approximate surface area is 81.0 Å². The van der Waals surface area contributed by atoms with Gasteiger partial charge in [0.25, 0.3) is 0 Å². The van der Waals surface area contributed by atoms with Crippen molar-refractivity contribution in [3.05, 3.63) is 24.0 Å². The van der Waals surface area contributed by atoms with Crippen LogP contribution in [0.4, 0.5) is 0 Å². The topological polar surface area (TPSA) is 22.1 Å². The molecule has 1 aromatic heterocycles. The predicted molar refractivity (Wildman–Crippen MR) is 56.1 cm³/mol. The van der Waals surface area contributed by atoms with Crippen molar-refractivity contribution in [2.24, 2.45) is 0 Å². The van der Waals surface area contributed by atoms with E-state index in [9.17, 15) is 0 Å². The number of pyridine rings is 1. The summed E-state index contributed by atoms with van der Waals surface area (Å²) in [5, 5.41) is 0. The lowest BCUT2D eigenvalue weighted by Gasteiger charge is -2.03. The molecule has 0 bridgehead atoms. The molecule has 0 spiro atoms. The van der Waals surface area contributed by atoms with Crippen molar-refractivity contribution >= 4 is 0 Å². The van der Waals surface area contributed by atoms with Crippen LogP contribution in [0.2, 0.25) is 0 Å². The minimum Gasteiger partial charge on any atom is -0.495 e. The molecule has 1 heterocycles. The molecule has 2 nitrogen and oxygen atoms in total. The van der Waals surface area contributed by atoms with Crippen molar-refractivity contribution in [1.82, 2.24) is 4.98 Å². The van der Waals surface area contributed by atoms with E-state index < -0.39 is 0 Å². The van der Waals surface area contributed by atoms with E-state index >= 15 is 0 Å². The fourth-order valence-electron chi connectivity index (χ4n) is 0.885. The van der Waals surface area contributed by atoms with Gasteiger partial charge in [-0.05, 0) is 18.1 Å². The molecule has 0 unspecified atom stereocenters. The summed E-state index contributed by atoms with van der Waals surface area (Å²) in [6.07, 6.45) is 5.76. The quantitative estimate of drug-likeness (QED) is 0.699. The zero-order valence-corrected chi connectivity index (χ0v) is 9.00. The molecule has 74 valence electrons. The first-order valence-corrected chi connectivity index (χ1v) is 4.76. The van der Waals surface area contributed by atoms with E-state index in [0.29, 0.717) is 0 Å². The Balaban J connectivity index is 0.000000424. The molecule has 2 heteroatoms. The van der Waals surface area contributed by atoms with Crippen LogP contribution in [0.1, 0.15) is 32.8 Å². The van der Waals surface area contributed by atoms with E-state index in [1.807, 2.05) is 6.07 Å². The minimum atomic E-state index is 0.880. The van der Waals surface area contributed by atoms with E-state index in [1.54, 1.807) is 19.5 Å². The second kappa shape index (κ2) is 7.59. The Morgan fingerprint density at radius 3 is 2.31 bits per heavy atom. The van der Waals surface area contributed by atoms with E-state index in [2.05, 4.69) is 25.8 Å². The summed E-state index contributed by atoms with van der Waals surface area (Å²) >= 11 is 0. The highest BCUT2D eigenvalue weighted by atomic mass is 16.5. The van der Waals surface area contributed by atoms with Gasteiger partial charge in [-0.25, -0.2) is 0 Å². The summed E-state index contributed by atoms with van der Waals surface area (Å²) in [5.74, 6) is 0.880. The number of methoxy groups -OCH3 is 1. The molecule has 0 aliphatic rings. The molecule has 0 saturated heterocycles. The molecule has 0 radical (unpaired) electrons. The van der Waals surface area contributed by atoms with Gasteiger partial charge >= 0.3 is 0 Å². The van der Waals surface area contributed by atoms with Crippen molar-refractivity contribution in [1.29, 1.82) is 0 Å². The van der Waals surface area contributed by atoms with Gasteiger partial charge in [-0.2, -0.15) is 0 Å². The van der Waals surface area contributed by atoms with Gasteiger partial charge in [-0.3, -0.25) is 4.98 Å². The number of hydrogen-bond donors (Lipinski definition) is 0. The summed E-state index contributed by atoms with van der Waals surface area (Å²) < 4.78 is 5.07. The fraction of sp³-hybridized carbons (Fsp3) is 0.545. The lowest BCUT2D eigenvalue weighted by molar-refractivity contribution is 0.408. The number of rotatable bonds is 2. The summed E-state index contributed by atoms with van der Waals surface area (Å²) in [6.45, 7) is 6.35. The highest BCUT2D eigenvalue weighted by Crippen LogP contribution is 2.15. The Kier molecular flexibility index (Phi) is 6.98. The van der Waals surface area contributed by atoms with Crippen molar-refractivity contribution < 1.29 is 4.74 Å². The van der Waals surface area contributed by atoms with Crippen LogP contribution in [0, 0.1) is 0 Å². The molecular formula is C11H19NO. The highest BCUT2D eigenvalue weighted by Gasteiger charge is 1.96. The molecule has 0 aliphatic carbocycles. The van der Waals surface area contributed by atoms with Crippen LogP contribution in [0.5, 0.6) is 5.75 Å². The van der Waals surface area contributed by atoms with Gasteiger partial charge < -0.3 is 4.74 Å². The van der Waals surface area contributed by atoms with Crippen LogP contribution >= 0.6 is 0 Å². The number of aryl methyl sites for hydroxylation is 1. The second-order valence-electron chi connectivity index (χ2n) is 2.75. The fourth-order valence-corrected chi connectivity index (χ4v) is 0.885. The molecule has 1 aromatic rings. The first kappa shape index (κ1) is 11.9. The normalized spacial score (nSPS) is 8.62. The summed E-state index contributed by atoms with van der Waals surface area (Å²) in [4.78, 5) is 3.94. The van der Waals surface area contributed by atoms with Gasteiger partial charge in [-0.15, -0.1) is 0 Å². The zero-order valence-electron chi connectivity index (χ0n) is 9.00. The predicted octanol–water partition coefficient (Wildman–Crippen LogP) is 3.07. The molecule has 0 fully saturated rings. The number of nitrogens with zero attached hydrogens (tertiary/aromatic N) is 1. The van der Waals surface area contributed by atoms with Crippen LogP contribution in [-0.4, -0.2) is 12.1 Å². The van der Waals surface area contributed by atoms with Gasteiger partial charge in [0.15, 0.2) is 0 Å². The lowest BCUT2D eigenvalue weighted by atomic mass is 10.2. The van der Waals surface area contributed by atoms with Crippen molar-refractivity contribution in [2.75, 3.05) is 7.11 Å². The third kappa shape index (κ3) is 4.51. The van der Waals surface area contributed by atoms with Crippen LogP contribution in [0.25, 0.3) is 0 Å². The Morgan fingerprint density at radius 2 is 1.92 bits per heavy atom. The third-order valence-corrected chi connectivity index (χ3v) is 1.47. The Bertz CT molecular complexity index is 200. The van der Waals surface area contributed by atoms with Crippen LogP contribution in [0.15, 0.2) is 18.5 Å². The molecule has 13 heavy (non-hydrogen) atoms. The zero-order chi connectivity index (χ0) is 10.1. The maximum Gasteiger partial charge on any atom is 0.140 e. The molecule has 1 rings (SSSR count). The lowest BCUT2D eigenvalue weighted by Crippen LogP contribution is -1.90. The van der Waals surface area contributed by atoms with Crippen LogP contribution in [0.3, 0.4) is 0 Å². The van der Waals surface area contributed by atoms with Gasteiger partial charge in [0, 0.05) is 6.20 Å². The van der Waals surface area contributed by atoms with Crippen molar-refractivity contribution in [2.45, 2.75) is 33.6 Å². The van der Waals surface area contributed by atoms with E-state index in [0.717, 1.165) is 12.2 Å². The molecule has 0 atom stereocenters. The second-order valence-corrected chi connectivity index (χ2v) is 2.75. The smallest absolute Gasteiger partial charge is 0.140 e. The first-order chi connectivity index (χ1) is 6.29. The SMILES string of the molecule is CCC.CCc1ccncc1OC. The van der Waals surface area contributed by atoms with Crippen LogP contribution in [-0.2, 0) is 6.42 Å². The van der Waals surface area contributed by atoms with Gasteiger partial charge in [0.2, 0.25) is 0 Å². The molecule has 0 amide bonds. The van der Waals surface area contributed by atoms with Gasteiger partial charge in [0.1, 0.15) is 5.75 Å². The van der Waals surface area contributed by atoms with E-state index in [1.165, 1.54) is 12.0 Å². The van der Waals surface area contributed by atoms with E-state index in [4.69, 9.17) is 4.74 Å². The monoisotopic (exact) mass is 181 g/mol. The number of ether oxygens (including phenoxy) is 1. The average Bonchev–Trinajstić information content (AvgIpc) is 2.19. The highest BCUT2D eigenvalue weighted by molar-refractivity contribution is 5.29. The molecule has 0 aliphatic heterocycles.